The van der Waals surface area contributed by atoms with Crippen molar-refractivity contribution in [3.05, 3.63) is 34.3 Å². The standard InChI is InChI=1S/C13H16ClNO/c1-8(2)9-3-6-11(12(14)7-9)13(16)15-10-4-5-10/h3,6-8,10H,4-5H2,1-2H3,(H,15,16). The van der Waals surface area contributed by atoms with Crippen molar-refractivity contribution in [1.82, 2.24) is 5.32 Å². The van der Waals surface area contributed by atoms with Gasteiger partial charge in [-0.2, -0.15) is 0 Å². The van der Waals surface area contributed by atoms with Gasteiger partial charge in [0.1, 0.15) is 0 Å². The second kappa shape index (κ2) is 4.46. The molecular weight excluding hydrogens is 222 g/mol. The predicted octanol–water partition coefficient (Wildman–Crippen LogP) is 3.36. The molecule has 0 spiro atoms. The summed E-state index contributed by atoms with van der Waals surface area (Å²) in [6.07, 6.45) is 2.18. The van der Waals surface area contributed by atoms with E-state index in [2.05, 4.69) is 19.2 Å². The lowest BCUT2D eigenvalue weighted by molar-refractivity contribution is 0.0951. The van der Waals surface area contributed by atoms with Crippen LogP contribution >= 0.6 is 11.6 Å². The van der Waals surface area contributed by atoms with Gasteiger partial charge in [-0.15, -0.1) is 0 Å². The van der Waals surface area contributed by atoms with Gasteiger partial charge in [0.2, 0.25) is 0 Å². The highest BCUT2D eigenvalue weighted by atomic mass is 35.5. The summed E-state index contributed by atoms with van der Waals surface area (Å²) in [5.41, 5.74) is 1.74. The molecular formula is C13H16ClNO. The van der Waals surface area contributed by atoms with Gasteiger partial charge in [0.25, 0.3) is 5.91 Å². The van der Waals surface area contributed by atoms with Crippen molar-refractivity contribution in [3.8, 4) is 0 Å². The van der Waals surface area contributed by atoms with E-state index < -0.39 is 0 Å². The van der Waals surface area contributed by atoms with Crippen LogP contribution in [0.5, 0.6) is 0 Å². The molecule has 0 bridgehead atoms. The summed E-state index contributed by atoms with van der Waals surface area (Å²) in [7, 11) is 0. The van der Waals surface area contributed by atoms with Crippen LogP contribution < -0.4 is 5.32 Å². The van der Waals surface area contributed by atoms with Crippen LogP contribution in [-0.2, 0) is 0 Å². The summed E-state index contributed by atoms with van der Waals surface area (Å²) >= 11 is 6.11. The Labute approximate surface area is 101 Å². The topological polar surface area (TPSA) is 29.1 Å². The number of rotatable bonds is 3. The van der Waals surface area contributed by atoms with Crippen molar-refractivity contribution in [3.63, 3.8) is 0 Å². The largest absolute Gasteiger partial charge is 0.349 e. The highest BCUT2D eigenvalue weighted by molar-refractivity contribution is 6.33. The second-order valence-electron chi connectivity index (χ2n) is 4.64. The number of amides is 1. The summed E-state index contributed by atoms with van der Waals surface area (Å²) in [5, 5.41) is 3.48. The van der Waals surface area contributed by atoms with E-state index in [1.807, 2.05) is 18.2 Å². The molecule has 1 amide bonds. The molecule has 1 aliphatic carbocycles. The number of carbonyl (C=O) groups excluding carboxylic acids is 1. The molecule has 0 saturated heterocycles. The summed E-state index contributed by atoms with van der Waals surface area (Å²) in [4.78, 5) is 11.8. The average Bonchev–Trinajstić information content (AvgIpc) is 3.01. The van der Waals surface area contributed by atoms with E-state index >= 15 is 0 Å². The fraction of sp³-hybridized carbons (Fsp3) is 0.462. The molecule has 1 N–H and O–H groups in total. The molecule has 2 rings (SSSR count). The van der Waals surface area contributed by atoms with E-state index in [1.165, 1.54) is 0 Å². The maximum atomic E-state index is 11.8. The molecule has 1 aromatic rings. The molecule has 86 valence electrons. The highest BCUT2D eigenvalue weighted by Gasteiger charge is 2.24. The molecule has 0 unspecified atom stereocenters. The summed E-state index contributed by atoms with van der Waals surface area (Å²) in [5.74, 6) is 0.376. The van der Waals surface area contributed by atoms with Crippen LogP contribution in [0, 0.1) is 0 Å². The summed E-state index contributed by atoms with van der Waals surface area (Å²) in [6.45, 7) is 4.21. The zero-order chi connectivity index (χ0) is 11.7. The lowest BCUT2D eigenvalue weighted by atomic mass is 10.0. The van der Waals surface area contributed by atoms with Gasteiger partial charge >= 0.3 is 0 Å². The van der Waals surface area contributed by atoms with Gasteiger partial charge < -0.3 is 5.32 Å². The minimum absolute atomic E-state index is 0.0530. The number of hydrogen-bond donors (Lipinski definition) is 1. The quantitative estimate of drug-likeness (QED) is 0.858. The molecule has 1 saturated carbocycles. The normalized spacial score (nSPS) is 15.2. The third kappa shape index (κ3) is 2.56. The first-order chi connectivity index (χ1) is 7.58. The van der Waals surface area contributed by atoms with Gasteiger partial charge in [0, 0.05) is 6.04 Å². The zero-order valence-corrected chi connectivity index (χ0v) is 10.3. The van der Waals surface area contributed by atoms with Crippen molar-refractivity contribution in [2.24, 2.45) is 0 Å². The van der Waals surface area contributed by atoms with E-state index in [-0.39, 0.29) is 5.91 Å². The molecule has 1 aliphatic rings. The van der Waals surface area contributed by atoms with Gasteiger partial charge in [-0.1, -0.05) is 31.5 Å². The average molecular weight is 238 g/mol. The highest BCUT2D eigenvalue weighted by Crippen LogP contribution is 2.24. The lowest BCUT2D eigenvalue weighted by Gasteiger charge is -2.09. The van der Waals surface area contributed by atoms with Crippen molar-refractivity contribution in [2.75, 3.05) is 0 Å². The Hall–Kier alpha value is -1.02. The molecule has 0 aliphatic heterocycles. The summed E-state index contributed by atoms with van der Waals surface area (Å²) < 4.78 is 0. The van der Waals surface area contributed by atoms with E-state index in [9.17, 15) is 4.79 Å². The third-order valence-corrected chi connectivity index (χ3v) is 3.13. The maximum absolute atomic E-state index is 11.8. The van der Waals surface area contributed by atoms with Gasteiger partial charge in [-0.25, -0.2) is 0 Å². The van der Waals surface area contributed by atoms with Crippen molar-refractivity contribution in [2.45, 2.75) is 38.6 Å². The van der Waals surface area contributed by atoms with Gasteiger partial charge in [0.15, 0.2) is 0 Å². The van der Waals surface area contributed by atoms with Gasteiger partial charge in [-0.05, 0) is 36.5 Å². The Kier molecular flexibility index (Phi) is 3.20. The van der Waals surface area contributed by atoms with Crippen molar-refractivity contribution >= 4 is 17.5 Å². The number of nitrogens with one attached hydrogen (secondary N) is 1. The van der Waals surface area contributed by atoms with Crippen LogP contribution in [0.25, 0.3) is 0 Å². The Morgan fingerprint density at radius 3 is 2.62 bits per heavy atom. The van der Waals surface area contributed by atoms with Crippen molar-refractivity contribution in [1.29, 1.82) is 0 Å². The lowest BCUT2D eigenvalue weighted by Crippen LogP contribution is -2.25. The Morgan fingerprint density at radius 2 is 2.12 bits per heavy atom. The smallest absolute Gasteiger partial charge is 0.253 e. The zero-order valence-electron chi connectivity index (χ0n) is 9.59. The molecule has 0 heterocycles. The van der Waals surface area contributed by atoms with E-state index in [1.54, 1.807) is 0 Å². The first-order valence-electron chi connectivity index (χ1n) is 5.68. The number of halogens is 1. The van der Waals surface area contributed by atoms with E-state index in [4.69, 9.17) is 11.6 Å². The van der Waals surface area contributed by atoms with Crippen LogP contribution in [-0.4, -0.2) is 11.9 Å². The number of carbonyl (C=O) groups is 1. The van der Waals surface area contributed by atoms with E-state index in [0.29, 0.717) is 22.5 Å². The molecule has 1 aromatic carbocycles. The maximum Gasteiger partial charge on any atom is 0.253 e. The molecule has 0 aromatic heterocycles. The Morgan fingerprint density at radius 1 is 1.44 bits per heavy atom. The van der Waals surface area contributed by atoms with Gasteiger partial charge in [0.05, 0.1) is 10.6 Å². The third-order valence-electron chi connectivity index (χ3n) is 2.82. The first kappa shape index (κ1) is 11.5. The van der Waals surface area contributed by atoms with Crippen LogP contribution in [0.1, 0.15) is 48.5 Å². The van der Waals surface area contributed by atoms with Crippen LogP contribution in [0.15, 0.2) is 18.2 Å². The monoisotopic (exact) mass is 237 g/mol. The fourth-order valence-corrected chi connectivity index (χ4v) is 1.84. The molecule has 0 atom stereocenters. The van der Waals surface area contributed by atoms with Crippen LogP contribution in [0.2, 0.25) is 5.02 Å². The molecule has 2 nitrogen and oxygen atoms in total. The van der Waals surface area contributed by atoms with E-state index in [0.717, 1.165) is 18.4 Å². The number of benzene rings is 1. The number of hydrogen-bond acceptors (Lipinski definition) is 1. The van der Waals surface area contributed by atoms with Crippen LogP contribution in [0.4, 0.5) is 0 Å². The first-order valence-corrected chi connectivity index (χ1v) is 6.06. The second-order valence-corrected chi connectivity index (χ2v) is 5.05. The Bertz CT molecular complexity index is 410. The fourth-order valence-electron chi connectivity index (χ4n) is 1.57. The summed E-state index contributed by atoms with van der Waals surface area (Å²) in [6, 6.07) is 6.04. The molecule has 3 heteroatoms. The SMILES string of the molecule is CC(C)c1ccc(C(=O)NC2CC2)c(Cl)c1. The molecule has 0 radical (unpaired) electrons. The van der Waals surface area contributed by atoms with Crippen molar-refractivity contribution < 1.29 is 4.79 Å². The molecule has 16 heavy (non-hydrogen) atoms. The molecule has 1 fully saturated rings. The van der Waals surface area contributed by atoms with Gasteiger partial charge in [-0.3, -0.25) is 4.79 Å². The van der Waals surface area contributed by atoms with Crippen LogP contribution in [0.3, 0.4) is 0 Å². The Balaban J connectivity index is 2.17. The minimum Gasteiger partial charge on any atom is -0.349 e. The minimum atomic E-state index is -0.0530. The predicted molar refractivity (Wildman–Crippen MR) is 66.0 cm³/mol.